The van der Waals surface area contributed by atoms with Gasteiger partial charge < -0.3 is 5.11 Å². The van der Waals surface area contributed by atoms with Gasteiger partial charge in [0.15, 0.2) is 0 Å². The number of phenolic OH excluding ortho intramolecular Hbond substituents is 1. The quantitative estimate of drug-likeness (QED) is 0.669. The van der Waals surface area contributed by atoms with Crippen LogP contribution in [0, 0.1) is 6.92 Å². The standard InChI is InChI=1S/C13H11N3O/c1-8-7-9(5-6-12(8)17)10-3-2-4-11-13(10)15-16-14-11/h2-7,17H,1H3,(H,14,15,16). The fourth-order valence-electron chi connectivity index (χ4n) is 1.93. The van der Waals surface area contributed by atoms with Crippen molar-refractivity contribution in [2.75, 3.05) is 0 Å². The summed E-state index contributed by atoms with van der Waals surface area (Å²) < 4.78 is 0. The van der Waals surface area contributed by atoms with Gasteiger partial charge in [0, 0.05) is 5.56 Å². The molecule has 2 aromatic carbocycles. The van der Waals surface area contributed by atoms with Gasteiger partial charge in [0.25, 0.3) is 0 Å². The zero-order valence-electron chi connectivity index (χ0n) is 9.31. The second-order valence-electron chi connectivity index (χ2n) is 4.01. The molecule has 3 rings (SSSR count). The molecule has 0 saturated carbocycles. The zero-order valence-corrected chi connectivity index (χ0v) is 9.31. The molecule has 0 spiro atoms. The maximum Gasteiger partial charge on any atom is 0.120 e. The van der Waals surface area contributed by atoms with Gasteiger partial charge >= 0.3 is 0 Å². The van der Waals surface area contributed by atoms with Crippen LogP contribution in [0.2, 0.25) is 0 Å². The van der Waals surface area contributed by atoms with Crippen molar-refractivity contribution < 1.29 is 5.11 Å². The fraction of sp³-hybridized carbons (Fsp3) is 0.0769. The highest BCUT2D eigenvalue weighted by atomic mass is 16.3. The van der Waals surface area contributed by atoms with Crippen molar-refractivity contribution in [3.8, 4) is 16.9 Å². The Morgan fingerprint density at radius 2 is 2.06 bits per heavy atom. The van der Waals surface area contributed by atoms with Crippen molar-refractivity contribution in [3.63, 3.8) is 0 Å². The lowest BCUT2D eigenvalue weighted by Gasteiger charge is -2.04. The van der Waals surface area contributed by atoms with Crippen molar-refractivity contribution in [1.82, 2.24) is 15.4 Å². The third-order valence-electron chi connectivity index (χ3n) is 2.86. The highest BCUT2D eigenvalue weighted by Gasteiger charge is 2.07. The molecule has 4 nitrogen and oxygen atoms in total. The normalized spacial score (nSPS) is 10.9. The van der Waals surface area contributed by atoms with E-state index in [2.05, 4.69) is 15.4 Å². The van der Waals surface area contributed by atoms with Gasteiger partial charge in [-0.3, -0.25) is 5.10 Å². The third kappa shape index (κ3) is 1.54. The number of phenols is 1. The first-order valence-corrected chi connectivity index (χ1v) is 5.35. The third-order valence-corrected chi connectivity index (χ3v) is 2.86. The number of nitrogens with zero attached hydrogens (tertiary/aromatic N) is 2. The van der Waals surface area contributed by atoms with Crippen molar-refractivity contribution in [3.05, 3.63) is 42.0 Å². The fourth-order valence-corrected chi connectivity index (χ4v) is 1.93. The second-order valence-corrected chi connectivity index (χ2v) is 4.01. The van der Waals surface area contributed by atoms with Crippen LogP contribution in [0.4, 0.5) is 0 Å². The van der Waals surface area contributed by atoms with E-state index in [9.17, 15) is 5.11 Å². The van der Waals surface area contributed by atoms with E-state index in [1.807, 2.05) is 37.3 Å². The minimum absolute atomic E-state index is 0.307. The van der Waals surface area contributed by atoms with Crippen LogP contribution in [0.3, 0.4) is 0 Å². The summed E-state index contributed by atoms with van der Waals surface area (Å²) in [4.78, 5) is 0. The average molecular weight is 225 g/mol. The Hall–Kier alpha value is -2.36. The molecule has 1 aromatic heterocycles. The maximum atomic E-state index is 9.53. The Morgan fingerprint density at radius 3 is 2.88 bits per heavy atom. The van der Waals surface area contributed by atoms with Crippen LogP contribution in [0.15, 0.2) is 36.4 Å². The summed E-state index contributed by atoms with van der Waals surface area (Å²) in [5.74, 6) is 0.307. The predicted molar refractivity (Wildman–Crippen MR) is 65.7 cm³/mol. The van der Waals surface area contributed by atoms with E-state index < -0.39 is 0 Å². The first-order chi connectivity index (χ1) is 8.25. The van der Waals surface area contributed by atoms with E-state index in [1.165, 1.54) is 0 Å². The van der Waals surface area contributed by atoms with E-state index in [4.69, 9.17) is 0 Å². The summed E-state index contributed by atoms with van der Waals surface area (Å²) in [6, 6.07) is 11.4. The number of benzene rings is 2. The molecular weight excluding hydrogens is 214 g/mol. The highest BCUT2D eigenvalue weighted by molar-refractivity contribution is 5.91. The maximum absolute atomic E-state index is 9.53. The summed E-state index contributed by atoms with van der Waals surface area (Å²) in [7, 11) is 0. The molecule has 3 aromatic rings. The van der Waals surface area contributed by atoms with Crippen LogP contribution in [-0.4, -0.2) is 20.5 Å². The first kappa shape index (κ1) is 9.84. The zero-order chi connectivity index (χ0) is 11.8. The Labute approximate surface area is 97.9 Å². The number of aryl methyl sites for hydroxylation is 1. The molecule has 0 aliphatic rings. The van der Waals surface area contributed by atoms with Crippen molar-refractivity contribution in [2.45, 2.75) is 6.92 Å². The van der Waals surface area contributed by atoms with Crippen LogP contribution >= 0.6 is 0 Å². The molecule has 1 heterocycles. The van der Waals surface area contributed by atoms with Gasteiger partial charge in [-0.1, -0.05) is 23.4 Å². The Balaban J connectivity index is 2.26. The monoisotopic (exact) mass is 225 g/mol. The molecule has 4 heteroatoms. The van der Waals surface area contributed by atoms with Gasteiger partial charge in [-0.25, -0.2) is 0 Å². The molecular formula is C13H11N3O. The number of aromatic hydroxyl groups is 1. The summed E-state index contributed by atoms with van der Waals surface area (Å²) in [5.41, 5.74) is 4.65. The summed E-state index contributed by atoms with van der Waals surface area (Å²) >= 11 is 0. The lowest BCUT2D eigenvalue weighted by atomic mass is 10.0. The van der Waals surface area contributed by atoms with E-state index in [1.54, 1.807) is 6.07 Å². The lowest BCUT2D eigenvalue weighted by molar-refractivity contribution is 0.471. The van der Waals surface area contributed by atoms with Gasteiger partial charge in [0.2, 0.25) is 0 Å². The van der Waals surface area contributed by atoms with E-state index in [0.717, 1.165) is 27.7 Å². The van der Waals surface area contributed by atoms with Gasteiger partial charge in [0.05, 0.1) is 5.52 Å². The highest BCUT2D eigenvalue weighted by Crippen LogP contribution is 2.29. The molecule has 0 unspecified atom stereocenters. The SMILES string of the molecule is Cc1cc(-c2cccc3[nH]nnc23)ccc1O. The lowest BCUT2D eigenvalue weighted by Crippen LogP contribution is -1.82. The predicted octanol–water partition coefficient (Wildman–Crippen LogP) is 2.64. The molecule has 0 aliphatic heterocycles. The molecule has 0 aliphatic carbocycles. The van der Waals surface area contributed by atoms with Crippen molar-refractivity contribution in [2.24, 2.45) is 0 Å². The molecule has 0 radical (unpaired) electrons. The smallest absolute Gasteiger partial charge is 0.120 e. The summed E-state index contributed by atoms with van der Waals surface area (Å²) in [5, 5.41) is 20.3. The van der Waals surface area contributed by atoms with Gasteiger partial charge in [0.1, 0.15) is 11.3 Å². The summed E-state index contributed by atoms with van der Waals surface area (Å²) in [6.45, 7) is 1.88. The molecule has 0 saturated heterocycles. The van der Waals surface area contributed by atoms with Crippen LogP contribution in [0.1, 0.15) is 5.56 Å². The van der Waals surface area contributed by atoms with Gasteiger partial charge in [-0.15, -0.1) is 5.10 Å². The van der Waals surface area contributed by atoms with E-state index in [0.29, 0.717) is 5.75 Å². The van der Waals surface area contributed by atoms with E-state index >= 15 is 0 Å². The molecule has 2 N–H and O–H groups in total. The Bertz CT molecular complexity index is 688. The Morgan fingerprint density at radius 1 is 1.18 bits per heavy atom. The number of hydrogen-bond acceptors (Lipinski definition) is 3. The number of nitrogens with one attached hydrogen (secondary N) is 1. The van der Waals surface area contributed by atoms with Crippen molar-refractivity contribution >= 4 is 11.0 Å². The first-order valence-electron chi connectivity index (χ1n) is 5.35. The largest absolute Gasteiger partial charge is 0.508 e. The number of fused-ring (bicyclic) bond motifs is 1. The summed E-state index contributed by atoms with van der Waals surface area (Å²) in [6.07, 6.45) is 0. The van der Waals surface area contributed by atoms with Crippen LogP contribution in [-0.2, 0) is 0 Å². The van der Waals surface area contributed by atoms with Crippen LogP contribution < -0.4 is 0 Å². The minimum Gasteiger partial charge on any atom is -0.508 e. The van der Waals surface area contributed by atoms with Gasteiger partial charge in [-0.05, 0) is 36.2 Å². The number of aromatic amines is 1. The van der Waals surface area contributed by atoms with Gasteiger partial charge in [-0.2, -0.15) is 0 Å². The number of hydrogen-bond donors (Lipinski definition) is 2. The number of rotatable bonds is 1. The molecule has 0 amide bonds. The van der Waals surface area contributed by atoms with Crippen LogP contribution in [0.25, 0.3) is 22.2 Å². The van der Waals surface area contributed by atoms with E-state index in [-0.39, 0.29) is 0 Å². The number of aromatic nitrogens is 3. The molecule has 17 heavy (non-hydrogen) atoms. The van der Waals surface area contributed by atoms with Crippen LogP contribution in [0.5, 0.6) is 5.75 Å². The van der Waals surface area contributed by atoms with Crippen molar-refractivity contribution in [1.29, 1.82) is 0 Å². The molecule has 0 bridgehead atoms. The topological polar surface area (TPSA) is 61.8 Å². The number of H-pyrrole nitrogens is 1. The average Bonchev–Trinajstić information content (AvgIpc) is 2.80. The molecule has 0 fully saturated rings. The second kappa shape index (κ2) is 3.59. The molecule has 84 valence electrons. The Kier molecular flexibility index (Phi) is 2.08. The molecule has 0 atom stereocenters. The minimum atomic E-state index is 0.307.